The van der Waals surface area contributed by atoms with Gasteiger partial charge in [0.25, 0.3) is 0 Å². The molecule has 5 heteroatoms. The average molecular weight is 234 g/mol. The molecule has 2 heterocycles. The Bertz CT molecular complexity index is 659. The van der Waals surface area contributed by atoms with Crippen molar-refractivity contribution in [3.8, 4) is 10.6 Å². The van der Waals surface area contributed by atoms with Crippen LogP contribution in [-0.4, -0.2) is 5.16 Å². The number of nitrogens with zero attached hydrogens (tertiary/aromatic N) is 1. The number of hydrogen-bond acceptors (Lipinski definition) is 4. The predicted octanol–water partition coefficient (Wildman–Crippen LogP) is 3.28. The van der Waals surface area contributed by atoms with Crippen molar-refractivity contribution in [3.63, 3.8) is 0 Å². The van der Waals surface area contributed by atoms with Crippen molar-refractivity contribution in [2.24, 2.45) is 0 Å². The molecule has 0 saturated carbocycles. The molecule has 1 aromatic carbocycles. The highest BCUT2D eigenvalue weighted by Crippen LogP contribution is 2.33. The molecule has 0 bridgehead atoms. The number of nitrogen functional groups attached to an aromatic ring is 1. The lowest BCUT2D eigenvalue weighted by molar-refractivity contribution is 0.439. The molecule has 3 aromatic rings. The van der Waals surface area contributed by atoms with Crippen LogP contribution in [0, 0.1) is 5.82 Å². The van der Waals surface area contributed by atoms with Crippen molar-refractivity contribution < 1.29 is 8.91 Å². The fourth-order valence-corrected chi connectivity index (χ4v) is 2.58. The minimum absolute atomic E-state index is 0.236. The Morgan fingerprint density at radius 3 is 2.88 bits per heavy atom. The molecule has 0 aliphatic heterocycles. The van der Waals surface area contributed by atoms with Gasteiger partial charge in [-0.2, -0.15) is 0 Å². The number of anilines is 1. The van der Waals surface area contributed by atoms with E-state index in [-0.39, 0.29) is 11.7 Å². The Labute approximate surface area is 94.3 Å². The van der Waals surface area contributed by atoms with Gasteiger partial charge in [-0.15, -0.1) is 11.3 Å². The fraction of sp³-hybridized carbons (Fsp3) is 0. The van der Waals surface area contributed by atoms with E-state index in [0.29, 0.717) is 5.69 Å². The maximum absolute atomic E-state index is 13.0. The van der Waals surface area contributed by atoms with Gasteiger partial charge in [0.2, 0.25) is 5.88 Å². The molecule has 3 nitrogen and oxygen atoms in total. The number of nitrogens with two attached hydrogens (primary N) is 1. The topological polar surface area (TPSA) is 52.0 Å². The molecule has 16 heavy (non-hydrogen) atoms. The number of benzene rings is 1. The summed E-state index contributed by atoms with van der Waals surface area (Å²) in [5, 5.41) is 4.81. The molecule has 0 spiro atoms. The Hall–Kier alpha value is -1.88. The van der Waals surface area contributed by atoms with Crippen LogP contribution in [0.4, 0.5) is 10.3 Å². The summed E-state index contributed by atoms with van der Waals surface area (Å²) < 4.78 is 18.7. The minimum Gasteiger partial charge on any atom is -0.368 e. The molecule has 2 N–H and O–H groups in total. The second kappa shape index (κ2) is 3.31. The number of hydrogen-bond donors (Lipinski definition) is 1. The van der Waals surface area contributed by atoms with Crippen molar-refractivity contribution in [1.82, 2.24) is 5.16 Å². The molecular weight excluding hydrogens is 227 g/mol. The van der Waals surface area contributed by atoms with Crippen LogP contribution in [0.3, 0.4) is 0 Å². The van der Waals surface area contributed by atoms with Gasteiger partial charge in [0.05, 0.1) is 4.88 Å². The van der Waals surface area contributed by atoms with Gasteiger partial charge in [0.15, 0.2) is 0 Å². The van der Waals surface area contributed by atoms with Gasteiger partial charge in [-0.25, -0.2) is 4.39 Å². The summed E-state index contributed by atoms with van der Waals surface area (Å²) in [6, 6.07) is 8.29. The Morgan fingerprint density at radius 1 is 1.25 bits per heavy atom. The maximum atomic E-state index is 13.0. The van der Waals surface area contributed by atoms with Crippen LogP contribution < -0.4 is 5.73 Å². The first-order chi connectivity index (χ1) is 7.72. The highest BCUT2D eigenvalue weighted by Gasteiger charge is 2.08. The highest BCUT2D eigenvalue weighted by atomic mass is 32.1. The smallest absolute Gasteiger partial charge is 0.222 e. The van der Waals surface area contributed by atoms with E-state index in [1.807, 2.05) is 6.07 Å². The van der Waals surface area contributed by atoms with Gasteiger partial charge >= 0.3 is 0 Å². The zero-order chi connectivity index (χ0) is 11.1. The van der Waals surface area contributed by atoms with Crippen LogP contribution >= 0.6 is 11.3 Å². The van der Waals surface area contributed by atoms with Gasteiger partial charge in [0, 0.05) is 10.8 Å². The second-order valence-electron chi connectivity index (χ2n) is 3.41. The zero-order valence-electron chi connectivity index (χ0n) is 8.11. The molecule has 3 rings (SSSR count). The molecular formula is C11H7FN2OS. The van der Waals surface area contributed by atoms with Crippen LogP contribution in [0.15, 0.2) is 34.9 Å². The summed E-state index contributed by atoms with van der Waals surface area (Å²) in [7, 11) is 0. The molecule has 0 fully saturated rings. The van der Waals surface area contributed by atoms with E-state index in [9.17, 15) is 4.39 Å². The SMILES string of the molecule is Nc1cc(-c2cc3ccc(F)cc3s2)no1. The zero-order valence-corrected chi connectivity index (χ0v) is 8.92. The van der Waals surface area contributed by atoms with Crippen LogP contribution in [-0.2, 0) is 0 Å². The third kappa shape index (κ3) is 1.45. The third-order valence-corrected chi connectivity index (χ3v) is 3.38. The summed E-state index contributed by atoms with van der Waals surface area (Å²) in [5.74, 6) is 0.0409. The Kier molecular flexibility index (Phi) is 1.94. The molecule has 2 aromatic heterocycles. The van der Waals surface area contributed by atoms with Gasteiger partial charge in [-0.05, 0) is 23.6 Å². The van der Waals surface area contributed by atoms with E-state index in [0.717, 1.165) is 15.0 Å². The first kappa shape index (κ1) is 9.35. The number of halogens is 1. The van der Waals surface area contributed by atoms with E-state index < -0.39 is 0 Å². The van der Waals surface area contributed by atoms with Crippen molar-refractivity contribution in [1.29, 1.82) is 0 Å². The molecule has 0 atom stereocenters. The van der Waals surface area contributed by atoms with E-state index >= 15 is 0 Å². The van der Waals surface area contributed by atoms with Crippen molar-refractivity contribution in [2.45, 2.75) is 0 Å². The van der Waals surface area contributed by atoms with E-state index in [2.05, 4.69) is 5.16 Å². The van der Waals surface area contributed by atoms with Crippen molar-refractivity contribution in [3.05, 3.63) is 36.1 Å². The Morgan fingerprint density at radius 2 is 2.12 bits per heavy atom. The molecule has 80 valence electrons. The summed E-state index contributed by atoms with van der Waals surface area (Å²) in [4.78, 5) is 0.918. The van der Waals surface area contributed by atoms with Gasteiger partial charge in [-0.3, -0.25) is 0 Å². The monoisotopic (exact) mass is 234 g/mol. The normalized spacial score (nSPS) is 11.1. The van der Waals surface area contributed by atoms with Gasteiger partial charge < -0.3 is 10.3 Å². The largest absolute Gasteiger partial charge is 0.368 e. The fourth-order valence-electron chi connectivity index (χ4n) is 1.54. The van der Waals surface area contributed by atoms with Crippen LogP contribution in [0.2, 0.25) is 0 Å². The number of aromatic nitrogens is 1. The molecule has 0 saturated heterocycles. The first-order valence-electron chi connectivity index (χ1n) is 4.64. The highest BCUT2D eigenvalue weighted by molar-refractivity contribution is 7.22. The van der Waals surface area contributed by atoms with E-state index in [4.69, 9.17) is 10.3 Å². The molecule has 0 amide bonds. The van der Waals surface area contributed by atoms with Crippen LogP contribution in [0.1, 0.15) is 0 Å². The van der Waals surface area contributed by atoms with Gasteiger partial charge in [0.1, 0.15) is 11.5 Å². The quantitative estimate of drug-likeness (QED) is 0.703. The maximum Gasteiger partial charge on any atom is 0.222 e. The minimum atomic E-state index is -0.236. The second-order valence-corrected chi connectivity index (χ2v) is 4.49. The Balaban J connectivity index is 2.18. The van der Waals surface area contributed by atoms with E-state index in [1.54, 1.807) is 12.1 Å². The number of fused-ring (bicyclic) bond motifs is 1. The molecule has 0 radical (unpaired) electrons. The summed E-state index contributed by atoms with van der Waals surface area (Å²) in [6.45, 7) is 0. The lowest BCUT2D eigenvalue weighted by atomic mass is 10.2. The number of rotatable bonds is 1. The lowest BCUT2D eigenvalue weighted by Crippen LogP contribution is -1.75. The molecule has 0 unspecified atom stereocenters. The van der Waals surface area contributed by atoms with Crippen LogP contribution in [0.25, 0.3) is 20.7 Å². The van der Waals surface area contributed by atoms with Crippen molar-refractivity contribution in [2.75, 3.05) is 5.73 Å². The first-order valence-corrected chi connectivity index (χ1v) is 5.46. The summed E-state index contributed by atoms with van der Waals surface area (Å²) in [6.07, 6.45) is 0. The molecule has 0 aliphatic carbocycles. The predicted molar refractivity (Wildman–Crippen MR) is 61.7 cm³/mol. The lowest BCUT2D eigenvalue weighted by Gasteiger charge is -1.86. The molecule has 0 aliphatic rings. The van der Waals surface area contributed by atoms with E-state index in [1.165, 1.54) is 23.5 Å². The van der Waals surface area contributed by atoms with Crippen LogP contribution in [0.5, 0.6) is 0 Å². The number of thiophene rings is 1. The average Bonchev–Trinajstić information content (AvgIpc) is 2.83. The third-order valence-electron chi connectivity index (χ3n) is 2.26. The van der Waals surface area contributed by atoms with Gasteiger partial charge in [-0.1, -0.05) is 11.2 Å². The summed E-state index contributed by atoms with van der Waals surface area (Å²) >= 11 is 1.46. The summed E-state index contributed by atoms with van der Waals surface area (Å²) in [5.41, 5.74) is 6.13. The van der Waals surface area contributed by atoms with Crippen molar-refractivity contribution >= 4 is 27.3 Å². The standard InChI is InChI=1S/C11H7FN2OS/c12-7-2-1-6-3-10(16-9(6)4-7)8-5-11(13)15-14-8/h1-5H,13H2.